The number of hydrogen-bond acceptors (Lipinski definition) is 4. The molecular weight excluding hydrogens is 240 g/mol. The summed E-state index contributed by atoms with van der Waals surface area (Å²) in [6.45, 7) is 7.97. The summed E-state index contributed by atoms with van der Waals surface area (Å²) < 4.78 is 7.21. The van der Waals surface area contributed by atoms with Gasteiger partial charge >= 0.3 is 0 Å². The van der Waals surface area contributed by atoms with Crippen molar-refractivity contribution in [3.05, 3.63) is 11.3 Å². The van der Waals surface area contributed by atoms with Crippen LogP contribution in [0.2, 0.25) is 0 Å². The van der Waals surface area contributed by atoms with Gasteiger partial charge < -0.3 is 15.8 Å². The molecule has 1 aromatic rings. The lowest BCUT2D eigenvalue weighted by Gasteiger charge is -2.21. The van der Waals surface area contributed by atoms with Gasteiger partial charge in [0.05, 0.1) is 24.4 Å². The Balaban J connectivity index is 2.85. The SMILES string of the molecule is CCC(CC)CNC(CN)c1c(C)nn(C)c1OC. The summed E-state index contributed by atoms with van der Waals surface area (Å²) >= 11 is 0. The average Bonchev–Trinajstić information content (AvgIpc) is 2.69. The Kier molecular flexibility index (Phi) is 6.31. The highest BCUT2D eigenvalue weighted by atomic mass is 16.5. The standard InChI is InChI=1S/C14H28N4O/c1-6-11(7-2)9-16-12(8-15)13-10(3)17-18(4)14(13)19-5/h11-12,16H,6-9,15H2,1-5H3. The van der Waals surface area contributed by atoms with Crippen LogP contribution in [0.25, 0.3) is 0 Å². The quantitative estimate of drug-likeness (QED) is 0.754. The number of rotatable bonds is 8. The van der Waals surface area contributed by atoms with E-state index in [4.69, 9.17) is 10.5 Å². The van der Waals surface area contributed by atoms with E-state index in [0.717, 1.165) is 23.7 Å². The Hall–Kier alpha value is -1.07. The zero-order valence-corrected chi connectivity index (χ0v) is 12.9. The number of hydrogen-bond donors (Lipinski definition) is 2. The molecule has 0 radical (unpaired) electrons. The van der Waals surface area contributed by atoms with Crippen LogP contribution in [0.4, 0.5) is 0 Å². The summed E-state index contributed by atoms with van der Waals surface area (Å²) in [5.41, 5.74) is 7.98. The molecule has 1 rings (SSSR count). The highest BCUT2D eigenvalue weighted by molar-refractivity contribution is 5.34. The fraction of sp³-hybridized carbons (Fsp3) is 0.786. The molecule has 0 aliphatic rings. The zero-order valence-electron chi connectivity index (χ0n) is 12.9. The van der Waals surface area contributed by atoms with Gasteiger partial charge in [0.2, 0.25) is 5.88 Å². The lowest BCUT2D eigenvalue weighted by molar-refractivity contribution is 0.357. The minimum atomic E-state index is 0.101. The summed E-state index contributed by atoms with van der Waals surface area (Å²) in [4.78, 5) is 0. The van der Waals surface area contributed by atoms with Crippen molar-refractivity contribution in [2.45, 2.75) is 39.7 Å². The molecular formula is C14H28N4O. The predicted molar refractivity (Wildman–Crippen MR) is 78.4 cm³/mol. The van der Waals surface area contributed by atoms with E-state index in [1.165, 1.54) is 12.8 Å². The van der Waals surface area contributed by atoms with Crippen LogP contribution in [0.1, 0.15) is 44.0 Å². The molecule has 0 bridgehead atoms. The molecule has 5 heteroatoms. The van der Waals surface area contributed by atoms with Crippen LogP contribution in [-0.2, 0) is 7.05 Å². The number of nitrogens with one attached hydrogen (secondary N) is 1. The monoisotopic (exact) mass is 268 g/mol. The van der Waals surface area contributed by atoms with Crippen LogP contribution >= 0.6 is 0 Å². The van der Waals surface area contributed by atoms with E-state index in [2.05, 4.69) is 24.3 Å². The maximum Gasteiger partial charge on any atom is 0.216 e. The van der Waals surface area contributed by atoms with E-state index in [1.807, 2.05) is 14.0 Å². The summed E-state index contributed by atoms with van der Waals surface area (Å²) in [5, 5.41) is 7.97. The van der Waals surface area contributed by atoms with Gasteiger partial charge in [-0.2, -0.15) is 5.10 Å². The van der Waals surface area contributed by atoms with E-state index in [1.54, 1.807) is 11.8 Å². The molecule has 1 unspecified atom stereocenters. The second-order valence-corrected chi connectivity index (χ2v) is 5.01. The lowest BCUT2D eigenvalue weighted by Crippen LogP contribution is -2.32. The third-order valence-corrected chi connectivity index (χ3v) is 3.80. The summed E-state index contributed by atoms with van der Waals surface area (Å²) in [6.07, 6.45) is 2.37. The van der Waals surface area contributed by atoms with E-state index in [0.29, 0.717) is 12.5 Å². The second kappa shape index (κ2) is 7.50. The molecule has 0 aliphatic heterocycles. The molecule has 0 amide bonds. The smallest absolute Gasteiger partial charge is 0.216 e. The molecule has 0 aromatic carbocycles. The van der Waals surface area contributed by atoms with Crippen molar-refractivity contribution < 1.29 is 4.74 Å². The van der Waals surface area contributed by atoms with Crippen LogP contribution < -0.4 is 15.8 Å². The molecule has 1 atom stereocenters. The molecule has 0 saturated carbocycles. The number of nitrogens with zero attached hydrogens (tertiary/aromatic N) is 2. The van der Waals surface area contributed by atoms with Crippen LogP contribution in [0.3, 0.4) is 0 Å². The Morgan fingerprint density at radius 2 is 2.00 bits per heavy atom. The summed E-state index contributed by atoms with van der Waals surface area (Å²) in [5.74, 6) is 1.49. The Morgan fingerprint density at radius 3 is 2.47 bits per heavy atom. The van der Waals surface area contributed by atoms with Crippen molar-refractivity contribution in [1.82, 2.24) is 15.1 Å². The first kappa shape index (κ1) is 16.0. The van der Waals surface area contributed by atoms with Crippen molar-refractivity contribution in [3.8, 4) is 5.88 Å². The lowest BCUT2D eigenvalue weighted by atomic mass is 10.0. The number of ether oxygens (including phenoxy) is 1. The first-order valence-corrected chi connectivity index (χ1v) is 7.09. The largest absolute Gasteiger partial charge is 0.481 e. The normalized spacial score (nSPS) is 13.0. The van der Waals surface area contributed by atoms with Crippen molar-refractivity contribution >= 4 is 0 Å². The van der Waals surface area contributed by atoms with Gasteiger partial charge in [0.1, 0.15) is 0 Å². The Labute approximate surface area is 116 Å². The highest BCUT2D eigenvalue weighted by Gasteiger charge is 2.22. The van der Waals surface area contributed by atoms with Gasteiger partial charge in [-0.1, -0.05) is 26.7 Å². The third-order valence-electron chi connectivity index (χ3n) is 3.80. The maximum atomic E-state index is 5.92. The van der Waals surface area contributed by atoms with Gasteiger partial charge in [0.25, 0.3) is 0 Å². The minimum absolute atomic E-state index is 0.101. The molecule has 1 aromatic heterocycles. The number of nitrogens with two attached hydrogens (primary N) is 1. The molecule has 0 saturated heterocycles. The topological polar surface area (TPSA) is 65.1 Å². The molecule has 0 aliphatic carbocycles. The summed E-state index contributed by atoms with van der Waals surface area (Å²) in [7, 11) is 3.57. The van der Waals surface area contributed by atoms with Gasteiger partial charge in [0, 0.05) is 13.6 Å². The zero-order chi connectivity index (χ0) is 14.4. The highest BCUT2D eigenvalue weighted by Crippen LogP contribution is 2.27. The second-order valence-electron chi connectivity index (χ2n) is 5.01. The minimum Gasteiger partial charge on any atom is -0.481 e. The van der Waals surface area contributed by atoms with Gasteiger partial charge in [-0.25, -0.2) is 4.68 Å². The van der Waals surface area contributed by atoms with Gasteiger partial charge in [-0.3, -0.25) is 0 Å². The van der Waals surface area contributed by atoms with E-state index in [-0.39, 0.29) is 6.04 Å². The van der Waals surface area contributed by atoms with E-state index < -0.39 is 0 Å². The van der Waals surface area contributed by atoms with E-state index >= 15 is 0 Å². The average molecular weight is 268 g/mol. The van der Waals surface area contributed by atoms with Crippen LogP contribution in [0.15, 0.2) is 0 Å². The number of methoxy groups -OCH3 is 1. The molecule has 0 spiro atoms. The Bertz CT molecular complexity index is 385. The summed E-state index contributed by atoms with van der Waals surface area (Å²) in [6, 6.07) is 0.101. The first-order valence-electron chi connectivity index (χ1n) is 7.09. The van der Waals surface area contributed by atoms with Crippen LogP contribution in [0.5, 0.6) is 5.88 Å². The van der Waals surface area contributed by atoms with Crippen LogP contribution in [0, 0.1) is 12.8 Å². The van der Waals surface area contributed by atoms with Crippen molar-refractivity contribution in [1.29, 1.82) is 0 Å². The molecule has 1 heterocycles. The van der Waals surface area contributed by atoms with Crippen LogP contribution in [-0.4, -0.2) is 30.0 Å². The number of aromatic nitrogens is 2. The van der Waals surface area contributed by atoms with Gasteiger partial charge in [-0.05, 0) is 19.4 Å². The third kappa shape index (κ3) is 3.70. The van der Waals surface area contributed by atoms with Gasteiger partial charge in [0.15, 0.2) is 0 Å². The fourth-order valence-corrected chi connectivity index (χ4v) is 2.49. The fourth-order valence-electron chi connectivity index (χ4n) is 2.49. The first-order chi connectivity index (χ1) is 9.08. The molecule has 0 fully saturated rings. The predicted octanol–water partition coefficient (Wildman–Crippen LogP) is 1.76. The number of aryl methyl sites for hydroxylation is 2. The Morgan fingerprint density at radius 1 is 1.37 bits per heavy atom. The molecule has 3 N–H and O–H groups in total. The maximum absolute atomic E-state index is 5.92. The molecule has 5 nitrogen and oxygen atoms in total. The molecule has 110 valence electrons. The molecule has 19 heavy (non-hydrogen) atoms. The van der Waals surface area contributed by atoms with E-state index in [9.17, 15) is 0 Å². The van der Waals surface area contributed by atoms with Crippen molar-refractivity contribution in [2.75, 3.05) is 20.2 Å². The van der Waals surface area contributed by atoms with Crippen molar-refractivity contribution in [3.63, 3.8) is 0 Å². The van der Waals surface area contributed by atoms with Crippen molar-refractivity contribution in [2.24, 2.45) is 18.7 Å². The van der Waals surface area contributed by atoms with Gasteiger partial charge in [-0.15, -0.1) is 0 Å².